The summed E-state index contributed by atoms with van der Waals surface area (Å²) in [5.41, 5.74) is 6.98. The van der Waals surface area contributed by atoms with Crippen LogP contribution in [0, 0.1) is 6.92 Å². The molecule has 0 saturated heterocycles. The van der Waals surface area contributed by atoms with Crippen molar-refractivity contribution in [2.45, 2.75) is 25.6 Å². The van der Waals surface area contributed by atoms with Gasteiger partial charge >= 0.3 is 6.18 Å². The first-order valence-electron chi connectivity index (χ1n) is 5.61. The van der Waals surface area contributed by atoms with E-state index in [-0.39, 0.29) is 0 Å². The molecule has 6 heteroatoms. The van der Waals surface area contributed by atoms with Crippen LogP contribution in [0.15, 0.2) is 30.5 Å². The zero-order valence-electron chi connectivity index (χ0n) is 10.5. The third-order valence-corrected chi connectivity index (χ3v) is 4.24. The van der Waals surface area contributed by atoms with Gasteiger partial charge in [0.2, 0.25) is 0 Å². The maximum atomic E-state index is 12.6. The Morgan fingerprint density at radius 2 is 1.84 bits per heavy atom. The Morgan fingerprint density at radius 1 is 1.21 bits per heavy atom. The lowest BCUT2D eigenvalue weighted by Crippen LogP contribution is -2.34. The number of aryl methyl sites for hydroxylation is 1. The van der Waals surface area contributed by atoms with E-state index in [2.05, 4.69) is 4.98 Å². The van der Waals surface area contributed by atoms with Gasteiger partial charge in [-0.15, -0.1) is 11.3 Å². The molecule has 0 fully saturated rings. The van der Waals surface area contributed by atoms with Crippen molar-refractivity contribution in [2.24, 2.45) is 5.73 Å². The molecule has 0 saturated carbocycles. The van der Waals surface area contributed by atoms with E-state index in [1.807, 2.05) is 31.2 Å². The van der Waals surface area contributed by atoms with Crippen LogP contribution in [-0.2, 0) is 11.7 Å². The van der Waals surface area contributed by atoms with Gasteiger partial charge in [-0.2, -0.15) is 13.2 Å². The summed E-state index contributed by atoms with van der Waals surface area (Å²) >= 11 is 0.589. The van der Waals surface area contributed by atoms with Crippen LogP contribution in [0.4, 0.5) is 13.2 Å². The highest BCUT2D eigenvalue weighted by Crippen LogP contribution is 2.38. The zero-order chi connectivity index (χ0) is 14.3. The lowest BCUT2D eigenvalue weighted by Gasteiger charge is -2.25. The maximum absolute atomic E-state index is 12.6. The fourth-order valence-corrected chi connectivity index (χ4v) is 2.79. The lowest BCUT2D eigenvalue weighted by molar-refractivity contribution is -0.137. The summed E-state index contributed by atoms with van der Waals surface area (Å²) in [4.78, 5) is 3.82. The van der Waals surface area contributed by atoms with Crippen molar-refractivity contribution in [3.05, 3.63) is 51.5 Å². The minimum atomic E-state index is -4.43. The van der Waals surface area contributed by atoms with Crippen LogP contribution < -0.4 is 5.73 Å². The maximum Gasteiger partial charge on any atom is 0.443 e. The van der Waals surface area contributed by atoms with Crippen molar-refractivity contribution in [3.8, 4) is 0 Å². The van der Waals surface area contributed by atoms with E-state index >= 15 is 0 Å². The molecular weight excluding hydrogens is 273 g/mol. The third-order valence-electron chi connectivity index (χ3n) is 2.96. The second-order valence-electron chi connectivity index (χ2n) is 4.54. The topological polar surface area (TPSA) is 38.9 Å². The van der Waals surface area contributed by atoms with Crippen LogP contribution in [0.1, 0.15) is 27.9 Å². The highest BCUT2D eigenvalue weighted by molar-refractivity contribution is 7.11. The van der Waals surface area contributed by atoms with Gasteiger partial charge in [0.1, 0.15) is 0 Å². The first kappa shape index (κ1) is 14.0. The number of hydrogen-bond donors (Lipinski definition) is 1. The highest BCUT2D eigenvalue weighted by atomic mass is 32.1. The molecule has 19 heavy (non-hydrogen) atoms. The fraction of sp³-hybridized carbons (Fsp3) is 0.308. The van der Waals surface area contributed by atoms with Gasteiger partial charge in [-0.25, -0.2) is 4.98 Å². The highest BCUT2D eigenvalue weighted by Gasteiger charge is 2.37. The Labute approximate surface area is 113 Å². The number of nitrogens with two attached hydrogens (primary N) is 1. The summed E-state index contributed by atoms with van der Waals surface area (Å²) in [7, 11) is 0. The van der Waals surface area contributed by atoms with E-state index in [0.29, 0.717) is 16.2 Å². The monoisotopic (exact) mass is 286 g/mol. The molecular formula is C13H13F3N2S. The molecule has 0 spiro atoms. The summed E-state index contributed by atoms with van der Waals surface area (Å²) in [6.07, 6.45) is -3.22. The molecule has 1 heterocycles. The predicted molar refractivity (Wildman–Crippen MR) is 68.9 cm³/mol. The average molecular weight is 286 g/mol. The van der Waals surface area contributed by atoms with Gasteiger partial charge in [0, 0.05) is 11.1 Å². The molecule has 1 aromatic carbocycles. The molecule has 1 aromatic heterocycles. The lowest BCUT2D eigenvalue weighted by atomic mass is 9.89. The molecule has 2 rings (SSSR count). The average Bonchev–Trinajstić information content (AvgIpc) is 2.78. The summed E-state index contributed by atoms with van der Waals surface area (Å²) in [5.74, 6) is 0. The Kier molecular flexibility index (Phi) is 3.40. The van der Waals surface area contributed by atoms with Crippen LogP contribution in [0.5, 0.6) is 0 Å². The van der Waals surface area contributed by atoms with Crippen molar-refractivity contribution in [3.63, 3.8) is 0 Å². The number of hydrogen-bond acceptors (Lipinski definition) is 3. The molecule has 0 radical (unpaired) electrons. The standard InChI is InChI=1S/C13H13F3N2S/c1-8-5-3-4-6-9(8)12(2,17)10-7-18-11(19-10)13(14,15)16/h3-7H,17H2,1-2H3. The first-order valence-corrected chi connectivity index (χ1v) is 6.43. The van der Waals surface area contributed by atoms with E-state index in [4.69, 9.17) is 5.73 Å². The number of alkyl halides is 3. The van der Waals surface area contributed by atoms with Gasteiger partial charge in [0.15, 0.2) is 5.01 Å². The molecule has 1 unspecified atom stereocenters. The van der Waals surface area contributed by atoms with Crippen molar-refractivity contribution in [1.82, 2.24) is 4.98 Å². The fourth-order valence-electron chi connectivity index (χ4n) is 1.93. The van der Waals surface area contributed by atoms with E-state index in [0.717, 1.165) is 11.1 Å². The summed E-state index contributed by atoms with van der Waals surface area (Å²) < 4.78 is 37.7. The largest absolute Gasteiger partial charge is 0.443 e. The Balaban J connectivity index is 2.46. The molecule has 0 bridgehead atoms. The number of benzene rings is 1. The van der Waals surface area contributed by atoms with Gasteiger partial charge in [-0.05, 0) is 25.0 Å². The molecule has 0 amide bonds. The Hall–Kier alpha value is -1.40. The minimum absolute atomic E-state index is 0.397. The van der Waals surface area contributed by atoms with Gasteiger partial charge in [0.25, 0.3) is 0 Å². The molecule has 0 aliphatic heterocycles. The van der Waals surface area contributed by atoms with E-state index < -0.39 is 16.7 Å². The molecule has 0 aliphatic rings. The van der Waals surface area contributed by atoms with Crippen LogP contribution in [0.3, 0.4) is 0 Å². The number of halogens is 3. The van der Waals surface area contributed by atoms with E-state index in [9.17, 15) is 13.2 Å². The van der Waals surface area contributed by atoms with Gasteiger partial charge in [-0.1, -0.05) is 24.3 Å². The molecule has 0 aliphatic carbocycles. The summed E-state index contributed by atoms with van der Waals surface area (Å²) in [6, 6.07) is 7.39. The van der Waals surface area contributed by atoms with Crippen molar-refractivity contribution in [1.29, 1.82) is 0 Å². The van der Waals surface area contributed by atoms with Crippen molar-refractivity contribution in [2.75, 3.05) is 0 Å². The molecule has 2 aromatic rings. The van der Waals surface area contributed by atoms with Gasteiger partial charge in [-0.3, -0.25) is 0 Å². The first-order chi connectivity index (χ1) is 8.73. The number of nitrogens with zero attached hydrogens (tertiary/aromatic N) is 1. The normalized spacial score (nSPS) is 15.3. The number of aromatic nitrogens is 1. The second-order valence-corrected chi connectivity index (χ2v) is 5.58. The van der Waals surface area contributed by atoms with E-state index in [1.54, 1.807) is 6.92 Å². The quantitative estimate of drug-likeness (QED) is 0.914. The Morgan fingerprint density at radius 3 is 2.37 bits per heavy atom. The second kappa shape index (κ2) is 4.61. The van der Waals surface area contributed by atoms with Crippen LogP contribution in [-0.4, -0.2) is 4.98 Å². The van der Waals surface area contributed by atoms with Crippen LogP contribution >= 0.6 is 11.3 Å². The number of thiazole rings is 1. The van der Waals surface area contributed by atoms with Crippen LogP contribution in [0.25, 0.3) is 0 Å². The van der Waals surface area contributed by atoms with E-state index in [1.165, 1.54) is 6.20 Å². The Bertz CT molecular complexity index is 588. The SMILES string of the molecule is Cc1ccccc1C(C)(N)c1cnc(C(F)(F)F)s1. The van der Waals surface area contributed by atoms with Crippen LogP contribution in [0.2, 0.25) is 0 Å². The third kappa shape index (κ3) is 2.64. The van der Waals surface area contributed by atoms with Crippen molar-refractivity contribution < 1.29 is 13.2 Å². The predicted octanol–water partition coefficient (Wildman–Crippen LogP) is 3.69. The van der Waals surface area contributed by atoms with Crippen molar-refractivity contribution >= 4 is 11.3 Å². The summed E-state index contributed by atoms with van der Waals surface area (Å²) in [6.45, 7) is 3.58. The molecule has 1 atom stereocenters. The molecule has 2 N–H and O–H groups in total. The molecule has 2 nitrogen and oxygen atoms in total. The zero-order valence-corrected chi connectivity index (χ0v) is 11.3. The number of rotatable bonds is 2. The summed E-state index contributed by atoms with van der Waals surface area (Å²) in [5, 5.41) is -0.868. The van der Waals surface area contributed by atoms with Gasteiger partial charge < -0.3 is 5.73 Å². The van der Waals surface area contributed by atoms with Gasteiger partial charge in [0.05, 0.1) is 5.54 Å². The smallest absolute Gasteiger partial charge is 0.317 e. The molecule has 102 valence electrons. The minimum Gasteiger partial charge on any atom is -0.317 e.